The number of rotatable bonds is 0. The Labute approximate surface area is 116 Å². The van der Waals surface area contributed by atoms with Gasteiger partial charge in [-0.05, 0) is 6.92 Å². The molecule has 0 fully saturated rings. The summed E-state index contributed by atoms with van der Waals surface area (Å²) in [6, 6.07) is 10.9. The summed E-state index contributed by atoms with van der Waals surface area (Å²) in [6.45, 7) is 4.29. The molecular formula is C11H11Cl2Zr. The molecule has 3 heteroatoms. The van der Waals surface area contributed by atoms with Crippen LogP contribution in [0.1, 0.15) is 11.1 Å². The Hall–Kier alpha value is 0.293. The maximum Gasteiger partial charge on any atom is 3.00 e. The molecule has 0 N–H and O–H groups in total. The van der Waals surface area contributed by atoms with E-state index in [2.05, 4.69) is 44.2 Å². The van der Waals surface area contributed by atoms with Crippen LogP contribution in [0.3, 0.4) is 0 Å². The first-order valence-corrected chi connectivity index (χ1v) is 3.90. The molecule has 2 rings (SSSR count). The van der Waals surface area contributed by atoms with Crippen LogP contribution in [0.4, 0.5) is 0 Å². The summed E-state index contributed by atoms with van der Waals surface area (Å²) in [5, 5.41) is 2.76. The summed E-state index contributed by atoms with van der Waals surface area (Å²) in [7, 11) is 0. The van der Waals surface area contributed by atoms with Gasteiger partial charge < -0.3 is 24.8 Å². The molecule has 73 valence electrons. The van der Waals surface area contributed by atoms with E-state index in [4.69, 9.17) is 0 Å². The van der Waals surface area contributed by atoms with Crippen molar-refractivity contribution in [3.05, 3.63) is 41.5 Å². The van der Waals surface area contributed by atoms with Gasteiger partial charge in [0.15, 0.2) is 0 Å². The fraction of sp³-hybridized carbons (Fsp3) is 0.182. The molecule has 0 aliphatic carbocycles. The van der Waals surface area contributed by atoms with Crippen molar-refractivity contribution in [3.63, 3.8) is 0 Å². The number of aryl methyl sites for hydroxylation is 2. The van der Waals surface area contributed by atoms with Crippen molar-refractivity contribution in [2.24, 2.45) is 0 Å². The third kappa shape index (κ3) is 3.15. The fourth-order valence-corrected chi connectivity index (χ4v) is 1.54. The molecular weight excluding hydrogens is 294 g/mol. The van der Waals surface area contributed by atoms with E-state index in [0.29, 0.717) is 0 Å². The third-order valence-electron chi connectivity index (χ3n) is 2.11. The van der Waals surface area contributed by atoms with Crippen molar-refractivity contribution in [1.82, 2.24) is 0 Å². The summed E-state index contributed by atoms with van der Waals surface area (Å²) < 4.78 is 0. The van der Waals surface area contributed by atoms with Crippen LogP contribution in [0.5, 0.6) is 0 Å². The Morgan fingerprint density at radius 2 is 1.71 bits per heavy atom. The van der Waals surface area contributed by atoms with Gasteiger partial charge in [-0.15, -0.1) is 34.5 Å². The predicted molar refractivity (Wildman–Crippen MR) is 49.0 cm³/mol. The minimum Gasteiger partial charge on any atom is -1.00 e. The van der Waals surface area contributed by atoms with Gasteiger partial charge in [-0.3, -0.25) is 0 Å². The Morgan fingerprint density at radius 3 is 2.29 bits per heavy atom. The summed E-state index contributed by atoms with van der Waals surface area (Å²) in [5.41, 5.74) is 2.73. The molecule has 0 aromatic heterocycles. The van der Waals surface area contributed by atoms with E-state index >= 15 is 0 Å². The zero-order valence-corrected chi connectivity index (χ0v) is 12.1. The average Bonchev–Trinajstić information content (AvgIpc) is 2.31. The first kappa shape index (κ1) is 16.7. The predicted octanol–water partition coefficient (Wildman–Crippen LogP) is -2.82. The van der Waals surface area contributed by atoms with Gasteiger partial charge in [0.25, 0.3) is 0 Å². The van der Waals surface area contributed by atoms with Gasteiger partial charge in [-0.25, -0.2) is 0 Å². The zero-order valence-electron chi connectivity index (χ0n) is 8.14. The van der Waals surface area contributed by atoms with Crippen LogP contribution >= 0.6 is 0 Å². The van der Waals surface area contributed by atoms with Crippen LogP contribution in [0.15, 0.2) is 30.3 Å². The van der Waals surface area contributed by atoms with Gasteiger partial charge in [-0.2, -0.15) is 6.07 Å². The Bertz CT molecular complexity index is 393. The first-order valence-electron chi connectivity index (χ1n) is 3.90. The van der Waals surface area contributed by atoms with Gasteiger partial charge in [0.1, 0.15) is 0 Å². The smallest absolute Gasteiger partial charge is 1.00 e. The van der Waals surface area contributed by atoms with Crippen LogP contribution in [-0.2, 0) is 26.2 Å². The number of halogens is 2. The fourth-order valence-electron chi connectivity index (χ4n) is 1.54. The molecule has 0 unspecified atom stereocenters. The van der Waals surface area contributed by atoms with Crippen molar-refractivity contribution in [1.29, 1.82) is 0 Å². The molecule has 0 aliphatic heterocycles. The van der Waals surface area contributed by atoms with Gasteiger partial charge >= 0.3 is 26.2 Å². The second kappa shape index (κ2) is 6.72. The van der Waals surface area contributed by atoms with E-state index in [0.717, 1.165) is 0 Å². The molecule has 0 saturated heterocycles. The van der Waals surface area contributed by atoms with Crippen LogP contribution in [-0.4, -0.2) is 0 Å². The quantitative estimate of drug-likeness (QED) is 0.461. The van der Waals surface area contributed by atoms with Crippen molar-refractivity contribution < 1.29 is 51.0 Å². The minimum atomic E-state index is 0. The van der Waals surface area contributed by atoms with Crippen LogP contribution in [0.2, 0.25) is 0 Å². The monoisotopic (exact) mass is 303 g/mol. The number of fused-ring (bicyclic) bond motifs is 1. The number of hydrogen-bond acceptors (Lipinski definition) is 0. The first-order chi connectivity index (χ1) is 5.27. The van der Waals surface area contributed by atoms with Crippen molar-refractivity contribution >= 4 is 10.8 Å². The molecule has 0 aliphatic rings. The van der Waals surface area contributed by atoms with E-state index in [1.807, 2.05) is 0 Å². The van der Waals surface area contributed by atoms with Gasteiger partial charge in [0.2, 0.25) is 0 Å². The van der Waals surface area contributed by atoms with E-state index in [9.17, 15) is 0 Å². The molecule has 0 atom stereocenters. The van der Waals surface area contributed by atoms with Crippen molar-refractivity contribution in [3.8, 4) is 0 Å². The summed E-state index contributed by atoms with van der Waals surface area (Å²) in [4.78, 5) is 0. The van der Waals surface area contributed by atoms with E-state index < -0.39 is 0 Å². The van der Waals surface area contributed by atoms with Crippen LogP contribution in [0.25, 0.3) is 10.8 Å². The molecule has 1 radical (unpaired) electrons. The Morgan fingerprint density at radius 1 is 1.07 bits per heavy atom. The third-order valence-corrected chi connectivity index (χ3v) is 2.11. The second-order valence-corrected chi connectivity index (χ2v) is 3.11. The minimum absolute atomic E-state index is 0. The Kier molecular flexibility index (Phi) is 8.02. The number of benzene rings is 1. The molecule has 0 amide bonds. The standard InChI is InChI=1S/C11H11.2ClH.Zr/c1-8-6-10-5-3-4-9(2)11(10)7-8;;;/h3-7H,1-2H3;2*1H;/q-1;;;+3/p-2. The molecule has 14 heavy (non-hydrogen) atoms. The molecule has 2 aromatic carbocycles. The van der Waals surface area contributed by atoms with Gasteiger partial charge in [0.05, 0.1) is 0 Å². The van der Waals surface area contributed by atoms with E-state index in [-0.39, 0.29) is 51.0 Å². The van der Waals surface area contributed by atoms with Gasteiger partial charge in [-0.1, -0.05) is 18.6 Å². The van der Waals surface area contributed by atoms with E-state index in [1.165, 1.54) is 21.9 Å². The summed E-state index contributed by atoms with van der Waals surface area (Å²) in [5.74, 6) is 0. The summed E-state index contributed by atoms with van der Waals surface area (Å²) >= 11 is 0. The topological polar surface area (TPSA) is 0 Å². The average molecular weight is 305 g/mol. The molecule has 0 spiro atoms. The molecule has 0 nitrogen and oxygen atoms in total. The maximum absolute atomic E-state index is 2.24. The van der Waals surface area contributed by atoms with Crippen LogP contribution < -0.4 is 24.8 Å². The molecule has 2 aromatic rings. The SMILES string of the molecule is Cc1cc2c(C)cccc2[cH-]1.[Cl-].[Cl-].[Zr+3]. The molecule has 0 heterocycles. The Balaban J connectivity index is 0. The van der Waals surface area contributed by atoms with Gasteiger partial charge in [0, 0.05) is 0 Å². The summed E-state index contributed by atoms with van der Waals surface area (Å²) in [6.07, 6.45) is 0. The second-order valence-electron chi connectivity index (χ2n) is 3.11. The maximum atomic E-state index is 2.24. The van der Waals surface area contributed by atoms with Crippen molar-refractivity contribution in [2.75, 3.05) is 0 Å². The molecule has 0 saturated carbocycles. The van der Waals surface area contributed by atoms with Crippen molar-refractivity contribution in [2.45, 2.75) is 13.8 Å². The zero-order chi connectivity index (χ0) is 7.84. The van der Waals surface area contributed by atoms with Crippen LogP contribution in [0, 0.1) is 13.8 Å². The normalized spacial score (nSPS) is 8.43. The number of hydrogen-bond donors (Lipinski definition) is 0. The molecule has 0 bridgehead atoms. The largest absolute Gasteiger partial charge is 3.00 e. The van der Waals surface area contributed by atoms with E-state index in [1.54, 1.807) is 0 Å².